The van der Waals surface area contributed by atoms with Gasteiger partial charge in [0.25, 0.3) is 5.56 Å². The summed E-state index contributed by atoms with van der Waals surface area (Å²) in [5, 5.41) is 0. The number of nitrogens with one attached hydrogen (secondary N) is 1. The van der Waals surface area contributed by atoms with E-state index in [0.717, 1.165) is 24.1 Å². The molecule has 120 valence electrons. The van der Waals surface area contributed by atoms with Crippen molar-refractivity contribution in [3.05, 3.63) is 55.3 Å². The highest BCUT2D eigenvalue weighted by Gasteiger charge is 2.24. The number of nitrogens with zero attached hydrogens (tertiary/aromatic N) is 2. The lowest BCUT2D eigenvalue weighted by Crippen LogP contribution is -2.41. The second-order valence-corrected chi connectivity index (χ2v) is 6.21. The van der Waals surface area contributed by atoms with E-state index in [-0.39, 0.29) is 16.9 Å². The Hall–Kier alpha value is -2.35. The molecule has 3 rings (SSSR count). The molecule has 0 saturated carbocycles. The van der Waals surface area contributed by atoms with Gasteiger partial charge in [-0.3, -0.25) is 19.1 Å². The van der Waals surface area contributed by atoms with Crippen LogP contribution in [0.15, 0.2) is 38.5 Å². The number of anilines is 2. The largest absolute Gasteiger partial charge is 0.398 e. The first-order chi connectivity index (χ1) is 11.0. The van der Waals surface area contributed by atoms with Gasteiger partial charge in [-0.05, 0) is 46.5 Å². The van der Waals surface area contributed by atoms with Crippen molar-refractivity contribution < 1.29 is 4.79 Å². The zero-order valence-electron chi connectivity index (χ0n) is 12.2. The van der Waals surface area contributed by atoms with E-state index >= 15 is 0 Å². The zero-order chi connectivity index (χ0) is 16.6. The van der Waals surface area contributed by atoms with Crippen molar-refractivity contribution in [1.29, 1.82) is 0 Å². The quantitative estimate of drug-likeness (QED) is 0.756. The molecule has 1 amide bonds. The van der Waals surface area contributed by atoms with Crippen LogP contribution in [0.1, 0.15) is 12.0 Å². The number of aromatic nitrogens is 2. The molecule has 0 aliphatic carbocycles. The maximum atomic E-state index is 12.6. The highest BCUT2D eigenvalue weighted by Crippen LogP contribution is 2.31. The molecule has 0 fully saturated rings. The van der Waals surface area contributed by atoms with Crippen LogP contribution in [-0.4, -0.2) is 22.0 Å². The second kappa shape index (κ2) is 6.04. The van der Waals surface area contributed by atoms with Crippen LogP contribution >= 0.6 is 15.9 Å². The number of fused-ring (bicyclic) bond motifs is 1. The normalized spacial score (nSPS) is 13.7. The van der Waals surface area contributed by atoms with Gasteiger partial charge in [0, 0.05) is 24.1 Å². The number of nitrogen functional groups attached to an aromatic ring is 1. The molecule has 1 aromatic heterocycles. The number of nitrogens with two attached hydrogens (primary N) is 1. The van der Waals surface area contributed by atoms with Gasteiger partial charge in [-0.2, -0.15) is 0 Å². The van der Waals surface area contributed by atoms with Gasteiger partial charge in [0.05, 0.1) is 4.47 Å². The second-order valence-electron chi connectivity index (χ2n) is 5.36. The Morgan fingerprint density at radius 3 is 2.91 bits per heavy atom. The van der Waals surface area contributed by atoms with Crippen molar-refractivity contribution in [2.24, 2.45) is 0 Å². The molecule has 3 N–H and O–H groups in total. The topological polar surface area (TPSA) is 101 Å². The number of aromatic amines is 1. The Labute approximate surface area is 139 Å². The molecule has 7 nitrogen and oxygen atoms in total. The van der Waals surface area contributed by atoms with E-state index in [0.29, 0.717) is 12.2 Å². The summed E-state index contributed by atoms with van der Waals surface area (Å²) in [6.07, 6.45) is 2.97. The molecule has 1 aromatic carbocycles. The number of carbonyl (C=O) groups is 1. The van der Waals surface area contributed by atoms with Crippen molar-refractivity contribution >= 4 is 33.2 Å². The van der Waals surface area contributed by atoms with Crippen LogP contribution in [-0.2, 0) is 17.8 Å². The van der Waals surface area contributed by atoms with Crippen molar-refractivity contribution in [2.75, 3.05) is 17.2 Å². The first-order valence-corrected chi connectivity index (χ1v) is 7.93. The predicted molar refractivity (Wildman–Crippen MR) is 90.6 cm³/mol. The number of amides is 1. The molecule has 0 unspecified atom stereocenters. The van der Waals surface area contributed by atoms with Gasteiger partial charge in [0.2, 0.25) is 5.91 Å². The van der Waals surface area contributed by atoms with Gasteiger partial charge in [0.15, 0.2) is 0 Å². The van der Waals surface area contributed by atoms with Crippen LogP contribution in [0, 0.1) is 0 Å². The summed E-state index contributed by atoms with van der Waals surface area (Å²) in [7, 11) is 0. The average Bonchev–Trinajstić information content (AvgIpc) is 2.52. The molecule has 8 heteroatoms. The van der Waals surface area contributed by atoms with E-state index < -0.39 is 11.2 Å². The van der Waals surface area contributed by atoms with E-state index in [1.807, 2.05) is 18.2 Å². The van der Waals surface area contributed by atoms with Crippen LogP contribution in [0.25, 0.3) is 0 Å². The molecule has 1 aliphatic heterocycles. The minimum absolute atomic E-state index is 0.150. The summed E-state index contributed by atoms with van der Waals surface area (Å²) in [6.45, 7) is 0.428. The third-order valence-electron chi connectivity index (χ3n) is 3.86. The third-order valence-corrected chi connectivity index (χ3v) is 4.43. The lowest BCUT2D eigenvalue weighted by molar-refractivity contribution is -0.119. The Morgan fingerprint density at radius 2 is 2.13 bits per heavy atom. The number of H-pyrrole nitrogens is 1. The summed E-state index contributed by atoms with van der Waals surface area (Å²) in [5.74, 6) is -0.224. The molecule has 0 atom stereocenters. The molecule has 0 radical (unpaired) electrons. The Balaban J connectivity index is 1.92. The van der Waals surface area contributed by atoms with Gasteiger partial charge in [-0.15, -0.1) is 0 Å². The van der Waals surface area contributed by atoms with Gasteiger partial charge >= 0.3 is 5.69 Å². The van der Waals surface area contributed by atoms with E-state index in [2.05, 4.69) is 20.9 Å². The van der Waals surface area contributed by atoms with Gasteiger partial charge < -0.3 is 10.6 Å². The molecule has 2 heterocycles. The Bertz CT molecular complexity index is 887. The van der Waals surface area contributed by atoms with E-state index in [1.54, 1.807) is 4.90 Å². The van der Waals surface area contributed by atoms with E-state index in [4.69, 9.17) is 5.73 Å². The molecular weight excluding hydrogens is 364 g/mol. The number of hydrogen-bond donors (Lipinski definition) is 2. The molecule has 1 aliphatic rings. The SMILES string of the molecule is Nc1cccc2c1CCCN2C(=O)Cn1cc(Br)c(=O)[nH]c1=O. The molecular formula is C15H15BrN4O3. The highest BCUT2D eigenvalue weighted by molar-refractivity contribution is 9.10. The molecule has 2 aromatic rings. The fourth-order valence-corrected chi connectivity index (χ4v) is 3.09. The first-order valence-electron chi connectivity index (χ1n) is 7.14. The maximum Gasteiger partial charge on any atom is 0.328 e. The lowest BCUT2D eigenvalue weighted by Gasteiger charge is -2.30. The van der Waals surface area contributed by atoms with Crippen molar-refractivity contribution in [1.82, 2.24) is 9.55 Å². The Morgan fingerprint density at radius 1 is 1.35 bits per heavy atom. The molecule has 0 bridgehead atoms. The standard InChI is InChI=1S/C15H15BrN4O3/c16-10-7-19(15(23)18-14(10)22)8-13(21)20-6-2-3-9-11(17)4-1-5-12(9)20/h1,4-5,7H,2-3,6,8,17H2,(H,18,22,23). The van der Waals surface area contributed by atoms with E-state index in [1.165, 1.54) is 10.8 Å². The van der Waals surface area contributed by atoms with Crippen LogP contribution in [0.5, 0.6) is 0 Å². The fraction of sp³-hybridized carbons (Fsp3) is 0.267. The molecule has 0 saturated heterocycles. The zero-order valence-corrected chi connectivity index (χ0v) is 13.8. The number of halogens is 1. The smallest absolute Gasteiger partial charge is 0.328 e. The average molecular weight is 379 g/mol. The van der Waals surface area contributed by atoms with Crippen molar-refractivity contribution in [2.45, 2.75) is 19.4 Å². The van der Waals surface area contributed by atoms with E-state index in [9.17, 15) is 14.4 Å². The summed E-state index contributed by atoms with van der Waals surface area (Å²) >= 11 is 3.06. The van der Waals surface area contributed by atoms with Gasteiger partial charge in [-0.1, -0.05) is 6.07 Å². The highest BCUT2D eigenvalue weighted by atomic mass is 79.9. The minimum Gasteiger partial charge on any atom is -0.398 e. The maximum absolute atomic E-state index is 12.6. The monoisotopic (exact) mass is 378 g/mol. The Kier molecular flexibility index (Phi) is 4.08. The van der Waals surface area contributed by atoms with Crippen LogP contribution in [0.3, 0.4) is 0 Å². The number of benzene rings is 1. The summed E-state index contributed by atoms with van der Waals surface area (Å²) in [5.41, 5.74) is 7.26. The van der Waals surface area contributed by atoms with Crippen LogP contribution in [0.2, 0.25) is 0 Å². The number of hydrogen-bond acceptors (Lipinski definition) is 4. The molecule has 23 heavy (non-hydrogen) atoms. The van der Waals surface area contributed by atoms with Crippen LogP contribution < -0.4 is 21.9 Å². The summed E-state index contributed by atoms with van der Waals surface area (Å²) in [4.78, 5) is 39.6. The summed E-state index contributed by atoms with van der Waals surface area (Å²) < 4.78 is 1.38. The number of rotatable bonds is 2. The predicted octanol–water partition coefficient (Wildman–Crippen LogP) is 0.861. The third kappa shape index (κ3) is 2.94. The first kappa shape index (κ1) is 15.5. The molecule has 0 spiro atoms. The fourth-order valence-electron chi connectivity index (χ4n) is 2.74. The van der Waals surface area contributed by atoms with Gasteiger partial charge in [-0.25, -0.2) is 4.79 Å². The van der Waals surface area contributed by atoms with Crippen LogP contribution in [0.4, 0.5) is 11.4 Å². The van der Waals surface area contributed by atoms with Gasteiger partial charge in [0.1, 0.15) is 6.54 Å². The minimum atomic E-state index is -0.614. The number of carbonyl (C=O) groups excluding carboxylic acids is 1. The summed E-state index contributed by atoms with van der Waals surface area (Å²) in [6, 6.07) is 5.48. The van der Waals surface area contributed by atoms with Crippen molar-refractivity contribution in [3.8, 4) is 0 Å². The lowest BCUT2D eigenvalue weighted by atomic mass is 10.00. The van der Waals surface area contributed by atoms with Crippen molar-refractivity contribution in [3.63, 3.8) is 0 Å².